The van der Waals surface area contributed by atoms with Gasteiger partial charge in [-0.05, 0) is 19.4 Å². The first-order chi connectivity index (χ1) is 9.98. The average molecular weight is 315 g/mol. The highest BCUT2D eigenvalue weighted by Crippen LogP contribution is 2.19. The van der Waals surface area contributed by atoms with Gasteiger partial charge in [-0.15, -0.1) is 0 Å². The van der Waals surface area contributed by atoms with Gasteiger partial charge >= 0.3 is 0 Å². The summed E-state index contributed by atoms with van der Waals surface area (Å²) in [6.45, 7) is 5.40. The number of nitrogens with zero attached hydrogens (tertiary/aromatic N) is 4. The quantitative estimate of drug-likeness (QED) is 0.789. The predicted molar refractivity (Wildman–Crippen MR) is 81.3 cm³/mol. The molecule has 1 fully saturated rings. The number of nitrogens with two attached hydrogens (primary N) is 1. The first-order valence-electron chi connectivity index (χ1n) is 7.42. The van der Waals surface area contributed by atoms with Crippen LogP contribution >= 0.6 is 0 Å². The fourth-order valence-electron chi connectivity index (χ4n) is 2.83. The molecule has 8 heteroatoms. The molecule has 1 atom stereocenters. The Bertz CT molecular complexity index is 549. The summed E-state index contributed by atoms with van der Waals surface area (Å²) in [5, 5.41) is 3.95. The van der Waals surface area contributed by atoms with E-state index in [9.17, 15) is 8.42 Å². The van der Waals surface area contributed by atoms with Crippen molar-refractivity contribution < 1.29 is 8.42 Å². The number of aromatic nitrogens is 2. The van der Waals surface area contributed by atoms with Crippen LogP contribution in [-0.2, 0) is 17.1 Å². The number of aryl methyl sites for hydroxylation is 1. The van der Waals surface area contributed by atoms with Crippen LogP contribution in [0.4, 0.5) is 0 Å². The van der Waals surface area contributed by atoms with Gasteiger partial charge in [-0.2, -0.15) is 9.40 Å². The van der Waals surface area contributed by atoms with Gasteiger partial charge in [-0.25, -0.2) is 8.42 Å². The lowest BCUT2D eigenvalue weighted by Crippen LogP contribution is -2.52. The Balaban J connectivity index is 2.00. The smallest absolute Gasteiger partial charge is 0.246 e. The molecule has 0 aromatic carbocycles. The zero-order chi connectivity index (χ0) is 15.5. The van der Waals surface area contributed by atoms with Crippen LogP contribution in [0, 0.1) is 0 Å². The van der Waals surface area contributed by atoms with E-state index in [1.807, 2.05) is 0 Å². The van der Waals surface area contributed by atoms with Crippen molar-refractivity contribution in [2.75, 3.05) is 32.7 Å². The molecule has 1 aromatic heterocycles. The van der Waals surface area contributed by atoms with E-state index in [1.54, 1.807) is 17.5 Å². The third kappa shape index (κ3) is 3.63. The van der Waals surface area contributed by atoms with Crippen molar-refractivity contribution in [1.29, 1.82) is 0 Å². The second-order valence-electron chi connectivity index (χ2n) is 5.43. The number of hydrogen-bond donors (Lipinski definition) is 1. The lowest BCUT2D eigenvalue weighted by atomic mass is 10.1. The van der Waals surface area contributed by atoms with Crippen molar-refractivity contribution in [3.05, 3.63) is 12.4 Å². The lowest BCUT2D eigenvalue weighted by Gasteiger charge is -2.38. The van der Waals surface area contributed by atoms with Gasteiger partial charge in [0.1, 0.15) is 4.90 Å². The summed E-state index contributed by atoms with van der Waals surface area (Å²) < 4.78 is 28.1. The molecule has 0 amide bonds. The van der Waals surface area contributed by atoms with Crippen LogP contribution in [0.25, 0.3) is 0 Å². The van der Waals surface area contributed by atoms with Gasteiger partial charge in [0.2, 0.25) is 10.0 Å². The zero-order valence-corrected chi connectivity index (χ0v) is 13.6. The third-order valence-corrected chi connectivity index (χ3v) is 5.93. The van der Waals surface area contributed by atoms with Crippen molar-refractivity contribution >= 4 is 10.0 Å². The van der Waals surface area contributed by atoms with Crippen LogP contribution in [0.15, 0.2) is 17.3 Å². The molecule has 0 radical (unpaired) electrons. The van der Waals surface area contributed by atoms with E-state index in [4.69, 9.17) is 5.73 Å². The molecule has 120 valence electrons. The van der Waals surface area contributed by atoms with Gasteiger partial charge in [0, 0.05) is 45.5 Å². The van der Waals surface area contributed by atoms with Gasteiger partial charge in [0.15, 0.2) is 0 Å². The van der Waals surface area contributed by atoms with Crippen LogP contribution in [-0.4, -0.2) is 66.2 Å². The molecule has 0 spiro atoms. The van der Waals surface area contributed by atoms with E-state index in [2.05, 4.69) is 16.9 Å². The first-order valence-corrected chi connectivity index (χ1v) is 8.86. The molecular weight excluding hydrogens is 290 g/mol. The summed E-state index contributed by atoms with van der Waals surface area (Å²) in [5.41, 5.74) is 5.64. The van der Waals surface area contributed by atoms with E-state index >= 15 is 0 Å². The third-order valence-electron chi connectivity index (χ3n) is 4.08. The molecule has 1 aliphatic rings. The van der Waals surface area contributed by atoms with Gasteiger partial charge in [0.25, 0.3) is 0 Å². The van der Waals surface area contributed by atoms with Crippen molar-refractivity contribution in [3.63, 3.8) is 0 Å². The maximum absolute atomic E-state index is 12.5. The molecule has 2 rings (SSSR count). The monoisotopic (exact) mass is 315 g/mol. The van der Waals surface area contributed by atoms with Crippen molar-refractivity contribution in [1.82, 2.24) is 19.0 Å². The molecule has 0 saturated carbocycles. The molecule has 1 aromatic rings. The van der Waals surface area contributed by atoms with Crippen LogP contribution in [0.3, 0.4) is 0 Å². The summed E-state index contributed by atoms with van der Waals surface area (Å²) >= 11 is 0. The fraction of sp³-hybridized carbons (Fsp3) is 0.769. The second-order valence-corrected chi connectivity index (χ2v) is 7.37. The number of sulfonamides is 1. The van der Waals surface area contributed by atoms with Crippen molar-refractivity contribution in [2.24, 2.45) is 12.8 Å². The highest BCUT2D eigenvalue weighted by atomic mass is 32.2. The van der Waals surface area contributed by atoms with Crippen LogP contribution in [0.1, 0.15) is 19.8 Å². The van der Waals surface area contributed by atoms with Crippen molar-refractivity contribution in [2.45, 2.75) is 30.7 Å². The van der Waals surface area contributed by atoms with E-state index in [-0.39, 0.29) is 4.90 Å². The summed E-state index contributed by atoms with van der Waals surface area (Å²) in [5.74, 6) is 0. The Morgan fingerprint density at radius 3 is 2.48 bits per heavy atom. The van der Waals surface area contributed by atoms with Crippen molar-refractivity contribution in [3.8, 4) is 0 Å². The maximum atomic E-state index is 12.5. The predicted octanol–water partition coefficient (Wildman–Crippen LogP) is -0.146. The number of piperazine rings is 1. The van der Waals surface area contributed by atoms with E-state index in [0.29, 0.717) is 25.7 Å². The van der Waals surface area contributed by atoms with E-state index < -0.39 is 10.0 Å². The molecule has 1 unspecified atom stereocenters. The fourth-order valence-corrected chi connectivity index (χ4v) is 4.24. The maximum Gasteiger partial charge on any atom is 0.246 e. The Morgan fingerprint density at radius 2 is 2.00 bits per heavy atom. The summed E-state index contributed by atoms with van der Waals surface area (Å²) in [7, 11) is -1.69. The zero-order valence-electron chi connectivity index (χ0n) is 12.8. The largest absolute Gasteiger partial charge is 0.330 e. The highest BCUT2D eigenvalue weighted by molar-refractivity contribution is 7.89. The second kappa shape index (κ2) is 6.87. The standard InChI is InChI=1S/C13H25N5O2S/c1-3-12(4-5-14)17-6-8-18(9-7-17)21(19,20)13-10-15-16(2)11-13/h10-12H,3-9,14H2,1-2H3. The van der Waals surface area contributed by atoms with Gasteiger partial charge in [-0.1, -0.05) is 6.92 Å². The molecule has 21 heavy (non-hydrogen) atoms. The van der Waals surface area contributed by atoms with Gasteiger partial charge in [0.05, 0.1) is 6.20 Å². The molecule has 0 aliphatic carbocycles. The lowest BCUT2D eigenvalue weighted by molar-refractivity contribution is 0.129. The summed E-state index contributed by atoms with van der Waals surface area (Å²) in [6.07, 6.45) is 4.97. The van der Waals surface area contributed by atoms with E-state index in [1.165, 1.54) is 10.9 Å². The molecule has 2 N–H and O–H groups in total. The Kier molecular flexibility index (Phi) is 5.37. The number of rotatable bonds is 6. The van der Waals surface area contributed by atoms with Crippen LogP contribution < -0.4 is 5.73 Å². The van der Waals surface area contributed by atoms with Crippen LogP contribution in [0.2, 0.25) is 0 Å². The minimum absolute atomic E-state index is 0.271. The average Bonchev–Trinajstić information content (AvgIpc) is 2.92. The van der Waals surface area contributed by atoms with Gasteiger partial charge < -0.3 is 5.73 Å². The van der Waals surface area contributed by atoms with E-state index in [0.717, 1.165) is 25.9 Å². The molecule has 2 heterocycles. The summed E-state index contributed by atoms with van der Waals surface area (Å²) in [4.78, 5) is 2.62. The first kappa shape index (κ1) is 16.4. The van der Waals surface area contributed by atoms with Crippen LogP contribution in [0.5, 0.6) is 0 Å². The minimum atomic E-state index is -3.41. The Hall–Kier alpha value is -0.960. The highest BCUT2D eigenvalue weighted by Gasteiger charge is 2.31. The topological polar surface area (TPSA) is 84.5 Å². The molecule has 7 nitrogen and oxygen atoms in total. The normalized spacial score (nSPS) is 19.8. The molecule has 1 aliphatic heterocycles. The minimum Gasteiger partial charge on any atom is -0.330 e. The Labute approximate surface area is 126 Å². The Morgan fingerprint density at radius 1 is 1.33 bits per heavy atom. The molecule has 0 bridgehead atoms. The summed E-state index contributed by atoms with van der Waals surface area (Å²) in [6, 6.07) is 0.457. The SMILES string of the molecule is CCC(CCN)N1CCN(S(=O)(=O)c2cnn(C)c2)CC1. The molecular formula is C13H25N5O2S. The number of hydrogen-bond acceptors (Lipinski definition) is 5. The molecule has 1 saturated heterocycles. The van der Waals surface area contributed by atoms with Gasteiger partial charge in [-0.3, -0.25) is 9.58 Å².